The van der Waals surface area contributed by atoms with Crippen molar-refractivity contribution in [2.24, 2.45) is 0 Å². The minimum absolute atomic E-state index is 0.421. The van der Waals surface area contributed by atoms with Crippen LogP contribution in [-0.4, -0.2) is 19.2 Å². The van der Waals surface area contributed by atoms with Crippen molar-refractivity contribution in [2.75, 3.05) is 13.2 Å². The number of nitrogens with one attached hydrogen (secondary N) is 1. The van der Waals surface area contributed by atoms with Crippen LogP contribution in [0, 0.1) is 0 Å². The van der Waals surface area contributed by atoms with E-state index in [4.69, 9.17) is 4.74 Å². The van der Waals surface area contributed by atoms with Crippen molar-refractivity contribution in [3.05, 3.63) is 35.4 Å². The van der Waals surface area contributed by atoms with Crippen molar-refractivity contribution in [3.8, 4) is 5.75 Å². The van der Waals surface area contributed by atoms with Gasteiger partial charge in [-0.05, 0) is 44.5 Å². The molecule has 0 bridgehead atoms. The molecule has 0 heterocycles. The smallest absolute Gasteiger partial charge is 0.119 e. The Morgan fingerprint density at radius 3 is 2.50 bits per heavy atom. The second-order valence-electron chi connectivity index (χ2n) is 5.29. The van der Waals surface area contributed by atoms with Gasteiger partial charge in [-0.25, -0.2) is 0 Å². The lowest BCUT2D eigenvalue weighted by Gasteiger charge is -2.13. The Bertz CT molecular complexity index is 394. The highest BCUT2D eigenvalue weighted by atomic mass is 16.5. The van der Waals surface area contributed by atoms with Crippen LogP contribution in [0.15, 0.2) is 29.8 Å². The minimum atomic E-state index is 0.421. The monoisotopic (exact) mass is 275 g/mol. The zero-order valence-electron chi connectivity index (χ0n) is 13.4. The Labute approximate surface area is 124 Å². The molecule has 2 heteroatoms. The molecule has 0 aliphatic carbocycles. The standard InChI is InChI=1S/C18H29NO/c1-5-7-8-13-20-18-11-9-17(10-12-18)14-15(3)16(4)19-6-2/h9-12,14,16,19H,5-8,13H2,1-4H3/b15-14-. The van der Waals surface area contributed by atoms with E-state index in [1.165, 1.54) is 24.0 Å². The van der Waals surface area contributed by atoms with E-state index in [1.807, 2.05) is 0 Å². The number of likely N-dealkylation sites (N-methyl/N-ethyl adjacent to an activating group) is 1. The summed E-state index contributed by atoms with van der Waals surface area (Å²) in [5.41, 5.74) is 2.58. The van der Waals surface area contributed by atoms with Crippen molar-refractivity contribution >= 4 is 6.08 Å². The summed E-state index contributed by atoms with van der Waals surface area (Å²) < 4.78 is 5.72. The summed E-state index contributed by atoms with van der Waals surface area (Å²) >= 11 is 0. The van der Waals surface area contributed by atoms with E-state index in [0.29, 0.717) is 6.04 Å². The molecular formula is C18H29NO. The maximum absolute atomic E-state index is 5.72. The summed E-state index contributed by atoms with van der Waals surface area (Å²) in [7, 11) is 0. The van der Waals surface area contributed by atoms with Gasteiger partial charge in [0.1, 0.15) is 5.75 Å². The summed E-state index contributed by atoms with van der Waals surface area (Å²) in [5.74, 6) is 0.968. The second-order valence-corrected chi connectivity index (χ2v) is 5.29. The topological polar surface area (TPSA) is 21.3 Å². The van der Waals surface area contributed by atoms with Crippen molar-refractivity contribution in [3.63, 3.8) is 0 Å². The number of hydrogen-bond acceptors (Lipinski definition) is 2. The Morgan fingerprint density at radius 1 is 1.20 bits per heavy atom. The predicted molar refractivity (Wildman–Crippen MR) is 88.3 cm³/mol. The van der Waals surface area contributed by atoms with Crippen molar-refractivity contribution in [1.82, 2.24) is 5.32 Å². The molecular weight excluding hydrogens is 246 g/mol. The largest absolute Gasteiger partial charge is 0.494 e. The van der Waals surface area contributed by atoms with Gasteiger partial charge < -0.3 is 10.1 Å². The summed E-state index contributed by atoms with van der Waals surface area (Å²) in [5, 5.41) is 3.42. The fourth-order valence-electron chi connectivity index (χ4n) is 2.06. The Hall–Kier alpha value is -1.28. The van der Waals surface area contributed by atoms with Gasteiger partial charge in [-0.1, -0.05) is 50.5 Å². The summed E-state index contributed by atoms with van der Waals surface area (Å²) in [6, 6.07) is 8.78. The van der Waals surface area contributed by atoms with E-state index in [-0.39, 0.29) is 0 Å². The normalized spacial score (nSPS) is 13.3. The number of unbranched alkanes of at least 4 members (excludes halogenated alkanes) is 2. The van der Waals surface area contributed by atoms with Crippen LogP contribution in [-0.2, 0) is 0 Å². The predicted octanol–water partition coefficient (Wildman–Crippen LogP) is 4.66. The number of rotatable bonds is 9. The molecule has 0 saturated heterocycles. The lowest BCUT2D eigenvalue weighted by Crippen LogP contribution is -2.26. The average molecular weight is 275 g/mol. The molecule has 1 aromatic carbocycles. The highest BCUT2D eigenvalue weighted by molar-refractivity contribution is 5.54. The fraction of sp³-hybridized carbons (Fsp3) is 0.556. The van der Waals surface area contributed by atoms with Gasteiger partial charge in [-0.2, -0.15) is 0 Å². The molecule has 0 aromatic heterocycles. The molecule has 0 fully saturated rings. The molecule has 0 spiro atoms. The van der Waals surface area contributed by atoms with Crippen LogP contribution in [0.2, 0.25) is 0 Å². The van der Waals surface area contributed by atoms with E-state index in [0.717, 1.165) is 25.3 Å². The van der Waals surface area contributed by atoms with Gasteiger partial charge in [0, 0.05) is 6.04 Å². The number of ether oxygens (including phenoxy) is 1. The highest BCUT2D eigenvalue weighted by Crippen LogP contribution is 2.16. The number of hydrogen-bond donors (Lipinski definition) is 1. The van der Waals surface area contributed by atoms with E-state index < -0.39 is 0 Å². The van der Waals surface area contributed by atoms with Crippen molar-refractivity contribution in [2.45, 2.75) is 53.0 Å². The molecule has 20 heavy (non-hydrogen) atoms. The van der Waals surface area contributed by atoms with Crippen LogP contribution in [0.3, 0.4) is 0 Å². The first-order chi connectivity index (χ1) is 9.67. The van der Waals surface area contributed by atoms with Gasteiger partial charge >= 0.3 is 0 Å². The lowest BCUT2D eigenvalue weighted by molar-refractivity contribution is 0.306. The third kappa shape index (κ3) is 6.25. The Kier molecular flexibility index (Phi) is 8.05. The average Bonchev–Trinajstić information content (AvgIpc) is 2.45. The quantitative estimate of drug-likeness (QED) is 0.662. The van der Waals surface area contributed by atoms with Gasteiger partial charge in [0.15, 0.2) is 0 Å². The molecule has 0 aliphatic heterocycles. The SMILES string of the molecule is CCCCCOc1ccc(/C=C(/C)C(C)NCC)cc1. The highest BCUT2D eigenvalue weighted by Gasteiger charge is 2.02. The van der Waals surface area contributed by atoms with Crippen LogP contribution in [0.5, 0.6) is 5.75 Å². The molecule has 2 nitrogen and oxygen atoms in total. The summed E-state index contributed by atoms with van der Waals surface area (Å²) in [6.07, 6.45) is 5.84. The van der Waals surface area contributed by atoms with Gasteiger partial charge in [-0.3, -0.25) is 0 Å². The fourth-order valence-corrected chi connectivity index (χ4v) is 2.06. The van der Waals surface area contributed by atoms with Gasteiger partial charge in [0.25, 0.3) is 0 Å². The molecule has 112 valence electrons. The molecule has 0 saturated carbocycles. The van der Waals surface area contributed by atoms with E-state index in [9.17, 15) is 0 Å². The van der Waals surface area contributed by atoms with Gasteiger partial charge in [0.2, 0.25) is 0 Å². The van der Waals surface area contributed by atoms with Crippen LogP contribution < -0.4 is 10.1 Å². The van der Waals surface area contributed by atoms with Gasteiger partial charge in [-0.15, -0.1) is 0 Å². The third-order valence-corrected chi connectivity index (χ3v) is 3.48. The molecule has 0 amide bonds. The lowest BCUT2D eigenvalue weighted by atomic mass is 10.1. The van der Waals surface area contributed by atoms with Crippen molar-refractivity contribution in [1.29, 1.82) is 0 Å². The molecule has 1 aromatic rings. The van der Waals surface area contributed by atoms with E-state index >= 15 is 0 Å². The zero-order valence-corrected chi connectivity index (χ0v) is 13.4. The van der Waals surface area contributed by atoms with Crippen LogP contribution in [0.25, 0.3) is 6.08 Å². The van der Waals surface area contributed by atoms with Crippen LogP contribution in [0.4, 0.5) is 0 Å². The maximum Gasteiger partial charge on any atom is 0.119 e. The molecule has 1 atom stereocenters. The van der Waals surface area contributed by atoms with Crippen LogP contribution >= 0.6 is 0 Å². The van der Waals surface area contributed by atoms with Gasteiger partial charge in [0.05, 0.1) is 6.61 Å². The first kappa shape index (κ1) is 16.8. The molecule has 0 aliphatic rings. The molecule has 1 unspecified atom stereocenters. The molecule has 1 N–H and O–H groups in total. The Morgan fingerprint density at radius 2 is 1.90 bits per heavy atom. The Balaban J connectivity index is 2.51. The van der Waals surface area contributed by atoms with E-state index in [2.05, 4.69) is 63.4 Å². The minimum Gasteiger partial charge on any atom is -0.494 e. The molecule has 1 rings (SSSR count). The van der Waals surface area contributed by atoms with E-state index in [1.54, 1.807) is 0 Å². The first-order valence-corrected chi connectivity index (χ1v) is 7.81. The number of benzene rings is 1. The first-order valence-electron chi connectivity index (χ1n) is 7.81. The van der Waals surface area contributed by atoms with Crippen LogP contribution in [0.1, 0.15) is 52.5 Å². The zero-order chi connectivity index (χ0) is 14.8. The summed E-state index contributed by atoms with van der Waals surface area (Å²) in [4.78, 5) is 0. The molecule has 0 radical (unpaired) electrons. The summed E-state index contributed by atoms with van der Waals surface area (Å²) in [6.45, 7) is 10.5. The maximum atomic E-state index is 5.72. The second kappa shape index (κ2) is 9.60. The van der Waals surface area contributed by atoms with Crippen molar-refractivity contribution < 1.29 is 4.74 Å². The third-order valence-electron chi connectivity index (χ3n) is 3.48.